The van der Waals surface area contributed by atoms with Crippen molar-refractivity contribution in [3.05, 3.63) is 35.6 Å². The Hall–Kier alpha value is -1.95. The van der Waals surface area contributed by atoms with Gasteiger partial charge in [0.1, 0.15) is 5.82 Å². The van der Waals surface area contributed by atoms with Gasteiger partial charge in [-0.15, -0.1) is 0 Å². The molecule has 2 fully saturated rings. The molecule has 0 unspecified atom stereocenters. The fraction of sp³-hybridized carbons (Fsp3) is 0.619. The second-order valence-electron chi connectivity index (χ2n) is 8.10. The maximum Gasteiger partial charge on any atom is 0.224 e. The molecule has 0 spiro atoms. The van der Waals surface area contributed by atoms with Crippen LogP contribution in [0.5, 0.6) is 0 Å². The highest BCUT2D eigenvalue weighted by Crippen LogP contribution is 2.22. The van der Waals surface area contributed by atoms with Crippen LogP contribution in [0.1, 0.15) is 45.1 Å². The van der Waals surface area contributed by atoms with Gasteiger partial charge in [-0.25, -0.2) is 4.39 Å². The summed E-state index contributed by atoms with van der Waals surface area (Å²) in [7, 11) is 0. The van der Waals surface area contributed by atoms with E-state index in [-0.39, 0.29) is 23.7 Å². The number of nitrogens with one attached hydrogen (secondary N) is 1. The highest BCUT2D eigenvalue weighted by Gasteiger charge is 2.32. The third-order valence-electron chi connectivity index (χ3n) is 5.44. The molecule has 1 saturated carbocycles. The molecular formula is C21H30FN3O2. The molecule has 1 aromatic carbocycles. The van der Waals surface area contributed by atoms with Crippen LogP contribution in [0.15, 0.2) is 24.3 Å². The molecule has 0 aromatic heterocycles. The number of benzene rings is 1. The van der Waals surface area contributed by atoms with Gasteiger partial charge in [0.05, 0.1) is 0 Å². The largest absolute Gasteiger partial charge is 0.353 e. The number of amides is 2. The van der Waals surface area contributed by atoms with Crippen molar-refractivity contribution in [3.8, 4) is 0 Å². The van der Waals surface area contributed by atoms with Crippen LogP contribution in [0.3, 0.4) is 0 Å². The van der Waals surface area contributed by atoms with E-state index in [4.69, 9.17) is 0 Å². The maximum atomic E-state index is 13.2. The second kappa shape index (κ2) is 8.83. The molecule has 0 bridgehead atoms. The van der Waals surface area contributed by atoms with E-state index >= 15 is 0 Å². The molecule has 1 heterocycles. The Morgan fingerprint density at radius 3 is 2.59 bits per heavy atom. The third-order valence-corrected chi connectivity index (χ3v) is 5.44. The molecule has 2 aliphatic rings. The van der Waals surface area contributed by atoms with Crippen molar-refractivity contribution in [3.63, 3.8) is 0 Å². The van der Waals surface area contributed by atoms with Gasteiger partial charge in [-0.05, 0) is 36.5 Å². The summed E-state index contributed by atoms with van der Waals surface area (Å²) in [6, 6.07) is 6.82. The lowest BCUT2D eigenvalue weighted by atomic mass is 10.0. The molecular weight excluding hydrogens is 345 g/mol. The number of hydrogen-bond acceptors (Lipinski definition) is 3. The Kier molecular flexibility index (Phi) is 6.47. The quantitative estimate of drug-likeness (QED) is 0.797. The summed E-state index contributed by atoms with van der Waals surface area (Å²) in [6.07, 6.45) is 3.12. The molecule has 148 valence electrons. The van der Waals surface area contributed by atoms with E-state index in [2.05, 4.69) is 24.1 Å². The van der Waals surface area contributed by atoms with Gasteiger partial charge in [-0.2, -0.15) is 0 Å². The Morgan fingerprint density at radius 1 is 1.26 bits per heavy atom. The highest BCUT2D eigenvalue weighted by atomic mass is 19.1. The van der Waals surface area contributed by atoms with Gasteiger partial charge in [0, 0.05) is 51.1 Å². The molecule has 6 heteroatoms. The van der Waals surface area contributed by atoms with E-state index in [1.54, 1.807) is 12.1 Å². The van der Waals surface area contributed by atoms with Crippen molar-refractivity contribution in [2.45, 2.75) is 58.2 Å². The molecule has 27 heavy (non-hydrogen) atoms. The molecule has 5 nitrogen and oxygen atoms in total. The number of carbonyl (C=O) groups excluding carboxylic acids is 2. The summed E-state index contributed by atoms with van der Waals surface area (Å²) < 4.78 is 13.2. The normalized spacial score (nSPS) is 21.4. The van der Waals surface area contributed by atoms with E-state index in [0.29, 0.717) is 44.4 Å². The molecule has 1 aliphatic heterocycles. The lowest BCUT2D eigenvalue weighted by molar-refractivity contribution is -0.134. The summed E-state index contributed by atoms with van der Waals surface area (Å²) in [6.45, 7) is 6.87. The monoisotopic (exact) mass is 375 g/mol. The minimum absolute atomic E-state index is 0.0801. The van der Waals surface area contributed by atoms with Gasteiger partial charge in [0.15, 0.2) is 0 Å². The molecule has 3 rings (SSSR count). The Bertz CT molecular complexity index is 658. The minimum Gasteiger partial charge on any atom is -0.353 e. The fourth-order valence-corrected chi connectivity index (χ4v) is 3.59. The van der Waals surface area contributed by atoms with Crippen LogP contribution < -0.4 is 5.32 Å². The van der Waals surface area contributed by atoms with Crippen LogP contribution in [-0.4, -0.2) is 53.3 Å². The second-order valence-corrected chi connectivity index (χ2v) is 8.10. The first kappa shape index (κ1) is 19.8. The van der Waals surface area contributed by atoms with E-state index in [9.17, 15) is 14.0 Å². The van der Waals surface area contributed by atoms with Crippen molar-refractivity contribution in [2.75, 3.05) is 19.6 Å². The number of rotatable bonds is 7. The van der Waals surface area contributed by atoms with Crippen LogP contribution in [0.4, 0.5) is 4.39 Å². The first-order valence-corrected chi connectivity index (χ1v) is 9.98. The van der Waals surface area contributed by atoms with Crippen molar-refractivity contribution in [2.24, 2.45) is 5.92 Å². The minimum atomic E-state index is -0.267. The molecule has 2 amide bonds. The van der Waals surface area contributed by atoms with E-state index in [1.807, 2.05) is 4.90 Å². The molecule has 1 aromatic rings. The van der Waals surface area contributed by atoms with Gasteiger partial charge in [0.25, 0.3) is 0 Å². The summed E-state index contributed by atoms with van der Waals surface area (Å²) in [5.74, 6) is 0.271. The average Bonchev–Trinajstić information content (AvgIpc) is 3.45. The zero-order valence-corrected chi connectivity index (χ0v) is 16.3. The molecule has 1 aliphatic carbocycles. The fourth-order valence-electron chi connectivity index (χ4n) is 3.59. The first-order valence-electron chi connectivity index (χ1n) is 9.98. The Labute approximate surface area is 160 Å². The number of carbonyl (C=O) groups is 2. The van der Waals surface area contributed by atoms with Crippen molar-refractivity contribution in [1.82, 2.24) is 15.1 Å². The van der Waals surface area contributed by atoms with Gasteiger partial charge >= 0.3 is 0 Å². The lowest BCUT2D eigenvalue weighted by Crippen LogP contribution is -2.46. The van der Waals surface area contributed by atoms with Crippen LogP contribution in [0.25, 0.3) is 0 Å². The van der Waals surface area contributed by atoms with Crippen LogP contribution in [0.2, 0.25) is 0 Å². The maximum absolute atomic E-state index is 13.2. The van der Waals surface area contributed by atoms with Crippen molar-refractivity contribution < 1.29 is 14.0 Å². The highest BCUT2D eigenvalue weighted by molar-refractivity contribution is 5.77. The van der Waals surface area contributed by atoms with Gasteiger partial charge in [0.2, 0.25) is 11.8 Å². The summed E-state index contributed by atoms with van der Waals surface area (Å²) in [4.78, 5) is 28.9. The SMILES string of the molecule is CC(C)[C@@H]1CN(CCC(=O)NC2CC2)CCC(=O)N1Cc1ccc(F)cc1. The average molecular weight is 375 g/mol. The zero-order chi connectivity index (χ0) is 19.4. The van der Waals surface area contributed by atoms with Crippen LogP contribution >= 0.6 is 0 Å². The Balaban J connectivity index is 1.62. The van der Waals surface area contributed by atoms with E-state index < -0.39 is 0 Å². The molecule has 0 radical (unpaired) electrons. The van der Waals surface area contributed by atoms with E-state index in [0.717, 1.165) is 24.9 Å². The third kappa shape index (κ3) is 5.76. The predicted molar refractivity (Wildman–Crippen MR) is 102 cm³/mol. The topological polar surface area (TPSA) is 52.7 Å². The lowest BCUT2D eigenvalue weighted by Gasteiger charge is -2.35. The predicted octanol–water partition coefficient (Wildman–Crippen LogP) is 2.55. The van der Waals surface area contributed by atoms with Gasteiger partial charge in [-0.1, -0.05) is 26.0 Å². The molecule has 1 atom stereocenters. The first-order chi connectivity index (χ1) is 12.9. The van der Waals surface area contributed by atoms with Gasteiger partial charge in [-0.3, -0.25) is 9.59 Å². The van der Waals surface area contributed by atoms with Crippen LogP contribution in [-0.2, 0) is 16.1 Å². The smallest absolute Gasteiger partial charge is 0.224 e. The number of hydrogen-bond donors (Lipinski definition) is 1. The number of nitrogens with zero attached hydrogens (tertiary/aromatic N) is 2. The number of halogens is 1. The Morgan fingerprint density at radius 2 is 1.96 bits per heavy atom. The zero-order valence-electron chi connectivity index (χ0n) is 16.3. The summed E-state index contributed by atoms with van der Waals surface area (Å²) >= 11 is 0. The summed E-state index contributed by atoms with van der Waals surface area (Å²) in [5, 5.41) is 3.02. The van der Waals surface area contributed by atoms with Crippen molar-refractivity contribution >= 4 is 11.8 Å². The van der Waals surface area contributed by atoms with Gasteiger partial charge < -0.3 is 15.1 Å². The molecule has 1 saturated heterocycles. The molecule has 1 N–H and O–H groups in total. The summed E-state index contributed by atoms with van der Waals surface area (Å²) in [5.41, 5.74) is 0.938. The van der Waals surface area contributed by atoms with E-state index in [1.165, 1.54) is 12.1 Å². The van der Waals surface area contributed by atoms with Crippen molar-refractivity contribution in [1.29, 1.82) is 0 Å². The van der Waals surface area contributed by atoms with Crippen LogP contribution in [0, 0.1) is 11.7 Å². The standard InChI is InChI=1S/C21H30FN3O2/c1-15(2)19-14-24(11-9-20(26)23-18-7-8-18)12-10-21(27)25(19)13-16-3-5-17(22)6-4-16/h3-6,15,18-19H,7-14H2,1-2H3,(H,23,26)/t19-/m0/s1.